The van der Waals surface area contributed by atoms with Crippen molar-refractivity contribution < 1.29 is 13.9 Å². The van der Waals surface area contributed by atoms with Gasteiger partial charge in [-0.1, -0.05) is 12.2 Å². The van der Waals surface area contributed by atoms with E-state index in [9.17, 15) is 13.9 Å². The van der Waals surface area contributed by atoms with Gasteiger partial charge in [0.1, 0.15) is 0 Å². The highest BCUT2D eigenvalue weighted by atomic mass is 19.3. The third-order valence-electron chi connectivity index (χ3n) is 4.13. The SMILES string of the molecule is OCC12C=CCN1CC1(CC(F)(F)C1)C2. The van der Waals surface area contributed by atoms with Crippen LogP contribution in [0, 0.1) is 5.41 Å². The molecule has 1 atom stereocenters. The van der Waals surface area contributed by atoms with Gasteiger partial charge in [-0.25, -0.2) is 8.78 Å². The van der Waals surface area contributed by atoms with Gasteiger partial charge in [0.05, 0.1) is 12.1 Å². The molecular weight excluding hydrogens is 200 g/mol. The number of fused-ring (bicyclic) bond motifs is 1. The minimum Gasteiger partial charge on any atom is -0.394 e. The zero-order valence-electron chi connectivity index (χ0n) is 8.55. The molecule has 1 N–H and O–H groups in total. The monoisotopic (exact) mass is 215 g/mol. The molecule has 15 heavy (non-hydrogen) atoms. The fraction of sp³-hybridized carbons (Fsp3) is 0.818. The lowest BCUT2D eigenvalue weighted by molar-refractivity contribution is -0.156. The first-order chi connectivity index (χ1) is 6.99. The van der Waals surface area contributed by atoms with Crippen molar-refractivity contribution in [2.24, 2.45) is 5.41 Å². The summed E-state index contributed by atoms with van der Waals surface area (Å²) in [5, 5.41) is 9.43. The van der Waals surface area contributed by atoms with Crippen molar-refractivity contribution in [2.75, 3.05) is 19.7 Å². The quantitative estimate of drug-likeness (QED) is 0.668. The second kappa shape index (κ2) is 2.61. The number of aliphatic hydroxyl groups excluding tert-OH is 1. The Hall–Kier alpha value is -0.480. The largest absolute Gasteiger partial charge is 0.394 e. The van der Waals surface area contributed by atoms with Gasteiger partial charge < -0.3 is 5.11 Å². The maximum absolute atomic E-state index is 12.9. The Bertz CT molecular complexity index is 321. The summed E-state index contributed by atoms with van der Waals surface area (Å²) in [6.45, 7) is 1.57. The number of hydrogen-bond donors (Lipinski definition) is 1. The number of aliphatic hydroxyl groups is 1. The standard InChI is InChI=1S/C11H15F2NO/c12-11(13)5-9(6-11)4-10(8-15)2-1-3-14(10)7-9/h1-2,15H,3-8H2. The first kappa shape index (κ1) is 9.73. The van der Waals surface area contributed by atoms with Crippen molar-refractivity contribution in [1.82, 2.24) is 4.90 Å². The fourth-order valence-electron chi connectivity index (χ4n) is 3.68. The summed E-state index contributed by atoms with van der Waals surface area (Å²) in [5.41, 5.74) is -0.548. The number of halogens is 2. The molecule has 0 amide bonds. The number of nitrogens with zero attached hydrogens (tertiary/aromatic N) is 1. The van der Waals surface area contributed by atoms with E-state index in [2.05, 4.69) is 4.90 Å². The van der Waals surface area contributed by atoms with E-state index in [1.165, 1.54) is 0 Å². The summed E-state index contributed by atoms with van der Waals surface area (Å²) < 4.78 is 25.9. The molecule has 0 radical (unpaired) electrons. The Morgan fingerprint density at radius 3 is 2.53 bits per heavy atom. The van der Waals surface area contributed by atoms with Gasteiger partial charge >= 0.3 is 0 Å². The van der Waals surface area contributed by atoms with E-state index in [1.807, 2.05) is 12.2 Å². The smallest absolute Gasteiger partial charge is 0.249 e. The van der Waals surface area contributed by atoms with Gasteiger partial charge in [0.25, 0.3) is 0 Å². The number of rotatable bonds is 1. The van der Waals surface area contributed by atoms with Gasteiger partial charge in [0.15, 0.2) is 0 Å². The van der Waals surface area contributed by atoms with Gasteiger partial charge in [-0.3, -0.25) is 4.90 Å². The molecule has 3 rings (SSSR count). The van der Waals surface area contributed by atoms with Crippen LogP contribution in [0.1, 0.15) is 19.3 Å². The maximum Gasteiger partial charge on any atom is 0.249 e. The van der Waals surface area contributed by atoms with E-state index in [1.54, 1.807) is 0 Å². The van der Waals surface area contributed by atoms with Crippen LogP contribution in [0.4, 0.5) is 8.78 Å². The van der Waals surface area contributed by atoms with Gasteiger partial charge in [-0.2, -0.15) is 0 Å². The minimum atomic E-state index is -2.46. The molecular formula is C11H15F2NO. The molecule has 1 saturated heterocycles. The van der Waals surface area contributed by atoms with Crippen molar-refractivity contribution in [1.29, 1.82) is 0 Å². The second-order valence-electron chi connectivity index (χ2n) is 5.43. The molecule has 2 heterocycles. The lowest BCUT2D eigenvalue weighted by atomic mass is 9.63. The van der Waals surface area contributed by atoms with Crippen molar-refractivity contribution in [3.63, 3.8) is 0 Å². The van der Waals surface area contributed by atoms with Gasteiger partial charge in [0.2, 0.25) is 5.92 Å². The second-order valence-corrected chi connectivity index (χ2v) is 5.43. The molecule has 0 aromatic rings. The molecule has 4 heteroatoms. The minimum absolute atomic E-state index is 0.00604. The van der Waals surface area contributed by atoms with Crippen LogP contribution >= 0.6 is 0 Å². The van der Waals surface area contributed by atoms with Crippen LogP contribution < -0.4 is 0 Å². The summed E-state index contributed by atoms with van der Waals surface area (Å²) in [6.07, 6.45) is 4.73. The summed E-state index contributed by atoms with van der Waals surface area (Å²) >= 11 is 0. The van der Waals surface area contributed by atoms with E-state index in [0.717, 1.165) is 13.1 Å². The zero-order valence-corrected chi connectivity index (χ0v) is 8.55. The summed E-state index contributed by atoms with van der Waals surface area (Å²) in [7, 11) is 0. The highest BCUT2D eigenvalue weighted by Gasteiger charge is 2.64. The number of hydrogen-bond acceptors (Lipinski definition) is 2. The first-order valence-electron chi connectivity index (χ1n) is 5.41. The van der Waals surface area contributed by atoms with Gasteiger partial charge in [-0.15, -0.1) is 0 Å². The van der Waals surface area contributed by atoms with Crippen LogP contribution in [-0.2, 0) is 0 Å². The average molecular weight is 215 g/mol. The van der Waals surface area contributed by atoms with E-state index < -0.39 is 5.92 Å². The molecule has 2 aliphatic heterocycles. The molecule has 0 bridgehead atoms. The number of alkyl halides is 2. The predicted octanol–water partition coefficient (Wildman–Crippen LogP) is 1.41. The third-order valence-corrected chi connectivity index (χ3v) is 4.13. The third kappa shape index (κ3) is 1.21. The normalized spacial score (nSPS) is 40.7. The van der Waals surface area contributed by atoms with Gasteiger partial charge in [0, 0.05) is 25.9 Å². The molecule has 3 aliphatic rings. The summed E-state index contributed by atoms with van der Waals surface area (Å²) in [6, 6.07) is 0. The Labute approximate surface area is 87.6 Å². The topological polar surface area (TPSA) is 23.5 Å². The molecule has 1 unspecified atom stereocenters. The zero-order chi connectivity index (χ0) is 10.7. The molecule has 84 valence electrons. The van der Waals surface area contributed by atoms with E-state index in [4.69, 9.17) is 0 Å². The van der Waals surface area contributed by atoms with Crippen molar-refractivity contribution in [2.45, 2.75) is 30.7 Å². The highest BCUT2D eigenvalue weighted by molar-refractivity contribution is 5.24. The Morgan fingerprint density at radius 2 is 2.00 bits per heavy atom. The fourth-order valence-corrected chi connectivity index (χ4v) is 3.68. The van der Waals surface area contributed by atoms with Crippen LogP contribution in [0.25, 0.3) is 0 Å². The lowest BCUT2D eigenvalue weighted by Crippen LogP contribution is -2.47. The molecule has 1 spiro atoms. The predicted molar refractivity (Wildman–Crippen MR) is 51.8 cm³/mol. The van der Waals surface area contributed by atoms with E-state index in [0.29, 0.717) is 6.42 Å². The lowest BCUT2D eigenvalue weighted by Gasteiger charge is -2.45. The van der Waals surface area contributed by atoms with E-state index in [-0.39, 0.29) is 30.4 Å². The Morgan fingerprint density at radius 1 is 1.27 bits per heavy atom. The summed E-state index contributed by atoms with van der Waals surface area (Å²) in [5.74, 6) is -2.46. The highest BCUT2D eigenvalue weighted by Crippen LogP contribution is 2.61. The van der Waals surface area contributed by atoms with Crippen molar-refractivity contribution in [3.05, 3.63) is 12.2 Å². The van der Waals surface area contributed by atoms with Gasteiger partial charge in [-0.05, 0) is 11.8 Å². The molecule has 0 aromatic heterocycles. The maximum atomic E-state index is 12.9. The average Bonchev–Trinajstić information content (AvgIpc) is 2.55. The molecule has 2 nitrogen and oxygen atoms in total. The molecule has 2 fully saturated rings. The summed E-state index contributed by atoms with van der Waals surface area (Å²) in [4.78, 5) is 2.14. The molecule has 0 aromatic carbocycles. The Balaban J connectivity index is 1.81. The van der Waals surface area contributed by atoms with Crippen LogP contribution in [0.3, 0.4) is 0 Å². The van der Waals surface area contributed by atoms with Crippen molar-refractivity contribution >= 4 is 0 Å². The van der Waals surface area contributed by atoms with Crippen LogP contribution in [0.5, 0.6) is 0 Å². The molecule has 1 aliphatic carbocycles. The van der Waals surface area contributed by atoms with E-state index >= 15 is 0 Å². The first-order valence-corrected chi connectivity index (χ1v) is 5.41. The Kier molecular flexibility index (Phi) is 1.69. The van der Waals surface area contributed by atoms with Crippen LogP contribution in [0.2, 0.25) is 0 Å². The van der Waals surface area contributed by atoms with Crippen LogP contribution in [-0.4, -0.2) is 41.2 Å². The van der Waals surface area contributed by atoms with Crippen LogP contribution in [0.15, 0.2) is 12.2 Å². The molecule has 1 saturated carbocycles. The van der Waals surface area contributed by atoms with Crippen molar-refractivity contribution in [3.8, 4) is 0 Å².